The molecule has 3 rings (SSSR count). The van der Waals surface area contributed by atoms with Crippen molar-refractivity contribution < 1.29 is 14.1 Å². The summed E-state index contributed by atoms with van der Waals surface area (Å²) in [6, 6.07) is 6.30. The van der Waals surface area contributed by atoms with Crippen molar-refractivity contribution in [2.24, 2.45) is 11.8 Å². The lowest BCUT2D eigenvalue weighted by Crippen LogP contribution is -2.49. The van der Waals surface area contributed by atoms with Crippen molar-refractivity contribution in [1.82, 2.24) is 0 Å². The van der Waals surface area contributed by atoms with E-state index in [1.165, 1.54) is 12.1 Å². The lowest BCUT2D eigenvalue weighted by atomic mass is 9.69. The summed E-state index contributed by atoms with van der Waals surface area (Å²) in [4.78, 5) is 10.3. The van der Waals surface area contributed by atoms with Crippen LogP contribution >= 0.6 is 0 Å². The van der Waals surface area contributed by atoms with E-state index in [9.17, 15) is 10.1 Å². The van der Waals surface area contributed by atoms with Crippen LogP contribution in [-0.4, -0.2) is 16.7 Å². The molecular weight excluding hydrogens is 285 g/mol. The Balaban J connectivity index is 1.81. The molecule has 120 valence electrons. The Kier molecular flexibility index (Phi) is 3.93. The van der Waals surface area contributed by atoms with Crippen molar-refractivity contribution >= 4 is 5.69 Å². The van der Waals surface area contributed by atoms with Crippen LogP contribution in [0.5, 0.6) is 0 Å². The molecule has 0 aromatic heterocycles. The zero-order valence-corrected chi connectivity index (χ0v) is 13.0. The van der Waals surface area contributed by atoms with Crippen molar-refractivity contribution in [3.63, 3.8) is 0 Å². The van der Waals surface area contributed by atoms with Gasteiger partial charge in [0.05, 0.1) is 17.1 Å². The molecule has 2 fully saturated rings. The van der Waals surface area contributed by atoms with Gasteiger partial charge < -0.3 is 4.74 Å². The lowest BCUT2D eigenvalue weighted by molar-refractivity contribution is -0.384. The summed E-state index contributed by atoms with van der Waals surface area (Å²) in [6.45, 7) is 3.87. The van der Waals surface area contributed by atoms with E-state index < -0.39 is 10.6 Å². The molecule has 1 aromatic carbocycles. The second kappa shape index (κ2) is 5.61. The number of fused-ring (bicyclic) bond motifs is 1. The topological polar surface area (TPSA) is 52.4 Å². The quantitative estimate of drug-likeness (QED) is 0.593. The van der Waals surface area contributed by atoms with Gasteiger partial charge in [0.25, 0.3) is 5.69 Å². The van der Waals surface area contributed by atoms with Crippen LogP contribution in [0.2, 0.25) is 0 Å². The molecule has 1 aliphatic heterocycles. The van der Waals surface area contributed by atoms with Gasteiger partial charge in [-0.1, -0.05) is 13.3 Å². The second-order valence-corrected chi connectivity index (χ2v) is 7.02. The maximum absolute atomic E-state index is 15.1. The summed E-state index contributed by atoms with van der Waals surface area (Å²) in [7, 11) is 0. The first kappa shape index (κ1) is 15.4. The molecule has 1 saturated heterocycles. The van der Waals surface area contributed by atoms with Crippen molar-refractivity contribution in [1.29, 1.82) is 0 Å². The molecule has 0 N–H and O–H groups in total. The Morgan fingerprint density at radius 2 is 2.00 bits per heavy atom. The van der Waals surface area contributed by atoms with Crippen molar-refractivity contribution in [3.05, 3.63) is 39.9 Å². The van der Waals surface area contributed by atoms with Crippen molar-refractivity contribution in [2.75, 3.05) is 0 Å². The summed E-state index contributed by atoms with van der Waals surface area (Å²) in [6.07, 6.45) is 2.79. The van der Waals surface area contributed by atoms with Crippen LogP contribution in [0.15, 0.2) is 24.3 Å². The number of hydrogen-bond donors (Lipinski definition) is 0. The fourth-order valence-corrected chi connectivity index (χ4v) is 3.95. The van der Waals surface area contributed by atoms with E-state index >= 15 is 4.39 Å². The first-order chi connectivity index (χ1) is 10.4. The highest BCUT2D eigenvalue weighted by atomic mass is 19.1. The normalized spacial score (nSPS) is 38.3. The van der Waals surface area contributed by atoms with Crippen LogP contribution in [0.4, 0.5) is 10.1 Å². The summed E-state index contributed by atoms with van der Waals surface area (Å²) in [5.41, 5.74) is -0.368. The van der Waals surface area contributed by atoms with E-state index in [0.29, 0.717) is 12.3 Å². The number of hydrogen-bond acceptors (Lipinski definition) is 3. The number of nitrogens with zero attached hydrogens (tertiary/aromatic N) is 1. The summed E-state index contributed by atoms with van der Waals surface area (Å²) in [5.74, 6) is 0.533. The third-order valence-electron chi connectivity index (χ3n) is 5.23. The fourth-order valence-electron chi connectivity index (χ4n) is 3.95. The molecule has 0 bridgehead atoms. The number of halogens is 1. The largest absolute Gasteiger partial charge is 0.370 e. The van der Waals surface area contributed by atoms with Gasteiger partial charge in [-0.3, -0.25) is 10.1 Å². The maximum Gasteiger partial charge on any atom is 0.269 e. The van der Waals surface area contributed by atoms with E-state index in [1.54, 1.807) is 19.1 Å². The van der Waals surface area contributed by atoms with Crippen molar-refractivity contribution in [2.45, 2.75) is 57.4 Å². The van der Waals surface area contributed by atoms with E-state index in [-0.39, 0.29) is 23.8 Å². The number of nitro benzene ring substituents is 1. The van der Waals surface area contributed by atoms with Gasteiger partial charge in [0, 0.05) is 24.5 Å². The smallest absolute Gasteiger partial charge is 0.269 e. The van der Waals surface area contributed by atoms with Gasteiger partial charge in [-0.2, -0.15) is 0 Å². The first-order valence-electron chi connectivity index (χ1n) is 7.95. The SMILES string of the molecule is C[C@@H]1CC[C@@H]2[C@@H](C1)O[C@@H](c1ccc([N+](=O)[O-])cc1)C[C@]2(C)F. The third-order valence-corrected chi connectivity index (χ3v) is 5.23. The Bertz CT molecular complexity index is 558. The number of benzene rings is 1. The van der Waals surface area contributed by atoms with E-state index in [0.717, 1.165) is 24.8 Å². The molecule has 2 aliphatic rings. The number of ether oxygens (including phenoxy) is 1. The minimum absolute atomic E-state index is 0.0296. The van der Waals surface area contributed by atoms with Crippen LogP contribution < -0.4 is 0 Å². The molecule has 22 heavy (non-hydrogen) atoms. The van der Waals surface area contributed by atoms with Crippen LogP contribution in [0.1, 0.15) is 51.2 Å². The maximum atomic E-state index is 15.1. The Hall–Kier alpha value is -1.49. The van der Waals surface area contributed by atoms with E-state index in [4.69, 9.17) is 4.74 Å². The van der Waals surface area contributed by atoms with Gasteiger partial charge in [0.2, 0.25) is 0 Å². The van der Waals surface area contributed by atoms with E-state index in [2.05, 4.69) is 6.92 Å². The molecule has 4 nitrogen and oxygen atoms in total. The second-order valence-electron chi connectivity index (χ2n) is 7.02. The number of rotatable bonds is 2. The third kappa shape index (κ3) is 2.86. The van der Waals surface area contributed by atoms with Gasteiger partial charge in [0.15, 0.2) is 0 Å². The van der Waals surface area contributed by atoms with Crippen LogP contribution in [0.25, 0.3) is 0 Å². The van der Waals surface area contributed by atoms with Gasteiger partial charge in [-0.25, -0.2) is 4.39 Å². The van der Waals surface area contributed by atoms with Gasteiger partial charge in [-0.05, 0) is 43.4 Å². The molecule has 0 unspecified atom stereocenters. The molecule has 5 heteroatoms. The van der Waals surface area contributed by atoms with Crippen LogP contribution in [0.3, 0.4) is 0 Å². The minimum Gasteiger partial charge on any atom is -0.370 e. The Morgan fingerprint density at radius 3 is 2.64 bits per heavy atom. The molecule has 5 atom stereocenters. The predicted octanol–water partition coefficient (Wildman–Crippen LogP) is 4.59. The lowest BCUT2D eigenvalue weighted by Gasteiger charge is -2.48. The summed E-state index contributed by atoms with van der Waals surface area (Å²) >= 11 is 0. The average Bonchev–Trinajstić information content (AvgIpc) is 2.46. The number of non-ortho nitro benzene ring substituents is 1. The molecule has 1 saturated carbocycles. The fraction of sp³-hybridized carbons (Fsp3) is 0.647. The standard InChI is InChI=1S/C17H22FNO3/c1-11-3-8-14-15(9-11)22-16(10-17(14,2)18)12-4-6-13(7-5-12)19(20)21/h4-7,11,14-16H,3,8-10H2,1-2H3/t11-,14-,15-,16-,17+/m1/s1. The van der Waals surface area contributed by atoms with Crippen molar-refractivity contribution in [3.8, 4) is 0 Å². The molecule has 1 heterocycles. The molecule has 0 radical (unpaired) electrons. The van der Waals surface area contributed by atoms with E-state index in [1.807, 2.05) is 0 Å². The van der Waals surface area contributed by atoms with Gasteiger partial charge in [0.1, 0.15) is 5.67 Å². The first-order valence-corrected chi connectivity index (χ1v) is 7.95. The predicted molar refractivity (Wildman–Crippen MR) is 81.3 cm³/mol. The molecular formula is C17H22FNO3. The number of alkyl halides is 1. The zero-order valence-electron chi connectivity index (χ0n) is 13.0. The minimum atomic E-state index is -1.24. The van der Waals surface area contributed by atoms with Crippen LogP contribution in [-0.2, 0) is 4.74 Å². The molecule has 1 aromatic rings. The summed E-state index contributed by atoms with van der Waals surface area (Å²) < 4.78 is 21.3. The molecule has 1 aliphatic carbocycles. The van der Waals surface area contributed by atoms with Crippen LogP contribution in [0, 0.1) is 22.0 Å². The monoisotopic (exact) mass is 307 g/mol. The highest BCUT2D eigenvalue weighted by Gasteiger charge is 2.49. The highest BCUT2D eigenvalue weighted by Crippen LogP contribution is 2.49. The Morgan fingerprint density at radius 1 is 1.32 bits per heavy atom. The molecule has 0 spiro atoms. The highest BCUT2D eigenvalue weighted by molar-refractivity contribution is 5.34. The average molecular weight is 307 g/mol. The van der Waals surface area contributed by atoms with Gasteiger partial charge in [-0.15, -0.1) is 0 Å². The van der Waals surface area contributed by atoms with Gasteiger partial charge >= 0.3 is 0 Å². The Labute approximate surface area is 129 Å². The molecule has 0 amide bonds. The zero-order chi connectivity index (χ0) is 15.9. The number of nitro groups is 1. The summed E-state index contributed by atoms with van der Waals surface area (Å²) in [5, 5.41) is 10.7.